The largest absolute Gasteiger partial charge is 0.516 e. The number of ether oxygens (including phenoxy) is 2. The number of rotatable bonds is 5. The van der Waals surface area contributed by atoms with Crippen LogP contribution in [0.2, 0.25) is 0 Å². The summed E-state index contributed by atoms with van der Waals surface area (Å²) in [5.41, 5.74) is 2.37. The van der Waals surface area contributed by atoms with E-state index in [-0.39, 0.29) is 6.61 Å². The molecule has 28 heavy (non-hydrogen) atoms. The lowest BCUT2D eigenvalue weighted by atomic mass is 9.97. The predicted octanol–water partition coefficient (Wildman–Crippen LogP) is 5.48. The Hall–Kier alpha value is -3.47. The average molecular weight is 378 g/mol. The number of benzene rings is 3. The van der Waals surface area contributed by atoms with Gasteiger partial charge in [-0.05, 0) is 29.7 Å². The van der Waals surface area contributed by atoms with Crippen LogP contribution in [-0.4, -0.2) is 12.1 Å². The molecule has 0 aliphatic carbocycles. The van der Waals surface area contributed by atoms with E-state index in [1.165, 1.54) is 6.07 Å². The summed E-state index contributed by atoms with van der Waals surface area (Å²) in [4.78, 5) is 23.9. The minimum atomic E-state index is -1.08. The highest BCUT2D eigenvalue weighted by atomic mass is 19.1. The zero-order valence-corrected chi connectivity index (χ0v) is 15.3. The fraction of sp³-hybridized carbons (Fsp3) is 0.130. The van der Waals surface area contributed by atoms with Gasteiger partial charge in [0.2, 0.25) is 0 Å². The summed E-state index contributed by atoms with van der Waals surface area (Å²) in [6.07, 6.45) is -1.08. The lowest BCUT2D eigenvalue weighted by Crippen LogP contribution is -2.19. The van der Waals surface area contributed by atoms with E-state index in [9.17, 15) is 14.0 Å². The molecule has 142 valence electrons. The maximum absolute atomic E-state index is 14.5. The average Bonchev–Trinajstić information content (AvgIpc) is 2.73. The third-order valence-electron chi connectivity index (χ3n) is 4.31. The molecule has 3 aromatic carbocycles. The molecule has 0 saturated heterocycles. The second-order valence-electron chi connectivity index (χ2n) is 6.27. The Morgan fingerprint density at radius 3 is 2.21 bits per heavy atom. The van der Waals surface area contributed by atoms with Crippen molar-refractivity contribution in [3.05, 3.63) is 95.8 Å². The Morgan fingerprint density at radius 2 is 1.57 bits per heavy atom. The number of hydrogen-bond donors (Lipinski definition) is 0. The molecule has 0 unspecified atom stereocenters. The topological polar surface area (TPSA) is 52.6 Å². The van der Waals surface area contributed by atoms with Crippen LogP contribution in [0.25, 0.3) is 11.1 Å². The predicted molar refractivity (Wildman–Crippen MR) is 103 cm³/mol. The van der Waals surface area contributed by atoms with Gasteiger partial charge in [-0.3, -0.25) is 4.79 Å². The van der Waals surface area contributed by atoms with Crippen molar-refractivity contribution in [1.29, 1.82) is 0 Å². The van der Waals surface area contributed by atoms with Crippen LogP contribution in [0, 0.1) is 5.82 Å². The summed E-state index contributed by atoms with van der Waals surface area (Å²) >= 11 is 0. The molecule has 0 amide bonds. The van der Waals surface area contributed by atoms with Gasteiger partial charge in [-0.15, -0.1) is 0 Å². The molecular formula is C23H19FO4. The molecule has 0 N–H and O–H groups in total. The molecule has 4 nitrogen and oxygen atoms in total. The summed E-state index contributed by atoms with van der Waals surface area (Å²) in [5, 5.41) is 0. The third-order valence-corrected chi connectivity index (χ3v) is 4.31. The Bertz CT molecular complexity index is 955. The standard InChI is InChI=1S/C23H19FO4/c1-16(22(25)28-23(26)27-15-17-8-4-2-5-9-17)19-12-13-20(21(24)14-19)18-10-6-3-7-11-18/h2-14,16H,15H2,1H3/t16-/m0/s1. The first-order valence-corrected chi connectivity index (χ1v) is 8.82. The van der Waals surface area contributed by atoms with Crippen molar-refractivity contribution in [2.45, 2.75) is 19.4 Å². The van der Waals surface area contributed by atoms with E-state index in [1.54, 1.807) is 43.3 Å². The van der Waals surface area contributed by atoms with Crippen LogP contribution in [0.4, 0.5) is 9.18 Å². The van der Waals surface area contributed by atoms with Crippen molar-refractivity contribution in [2.75, 3.05) is 0 Å². The molecule has 0 aromatic heterocycles. The molecule has 0 aliphatic heterocycles. The molecule has 0 fully saturated rings. The van der Waals surface area contributed by atoms with Crippen LogP contribution in [0.5, 0.6) is 0 Å². The van der Waals surface area contributed by atoms with Gasteiger partial charge < -0.3 is 9.47 Å². The fourth-order valence-corrected chi connectivity index (χ4v) is 2.71. The zero-order chi connectivity index (χ0) is 19.9. The van der Waals surface area contributed by atoms with Crippen molar-refractivity contribution < 1.29 is 23.5 Å². The van der Waals surface area contributed by atoms with Gasteiger partial charge in [-0.25, -0.2) is 9.18 Å². The van der Waals surface area contributed by atoms with E-state index in [1.807, 2.05) is 36.4 Å². The van der Waals surface area contributed by atoms with Crippen LogP contribution < -0.4 is 0 Å². The van der Waals surface area contributed by atoms with Crippen LogP contribution >= 0.6 is 0 Å². The van der Waals surface area contributed by atoms with Crippen molar-refractivity contribution in [3.8, 4) is 11.1 Å². The first-order chi connectivity index (χ1) is 13.5. The summed E-state index contributed by atoms with van der Waals surface area (Å²) in [7, 11) is 0. The molecule has 0 spiro atoms. The number of carbonyl (C=O) groups excluding carboxylic acids is 2. The highest BCUT2D eigenvalue weighted by Crippen LogP contribution is 2.26. The van der Waals surface area contributed by atoms with Gasteiger partial charge in [-0.1, -0.05) is 72.8 Å². The molecule has 0 bridgehead atoms. The molecule has 3 rings (SSSR count). The van der Waals surface area contributed by atoms with Crippen LogP contribution in [0.1, 0.15) is 24.0 Å². The Morgan fingerprint density at radius 1 is 0.929 bits per heavy atom. The quantitative estimate of drug-likeness (QED) is 0.436. The molecular weight excluding hydrogens is 359 g/mol. The van der Waals surface area contributed by atoms with Gasteiger partial charge in [-0.2, -0.15) is 0 Å². The molecule has 0 heterocycles. The molecule has 0 radical (unpaired) electrons. The normalized spacial score (nSPS) is 11.5. The first-order valence-electron chi connectivity index (χ1n) is 8.82. The molecule has 0 aliphatic rings. The smallest absolute Gasteiger partial charge is 0.429 e. The van der Waals surface area contributed by atoms with Crippen molar-refractivity contribution in [2.24, 2.45) is 0 Å². The van der Waals surface area contributed by atoms with E-state index in [0.29, 0.717) is 11.1 Å². The van der Waals surface area contributed by atoms with E-state index >= 15 is 0 Å². The van der Waals surface area contributed by atoms with E-state index in [0.717, 1.165) is 11.1 Å². The van der Waals surface area contributed by atoms with Gasteiger partial charge >= 0.3 is 12.1 Å². The maximum atomic E-state index is 14.5. The van der Waals surface area contributed by atoms with E-state index < -0.39 is 23.9 Å². The SMILES string of the molecule is C[C@H](C(=O)OC(=O)OCc1ccccc1)c1ccc(-c2ccccc2)c(F)c1. The number of hydrogen-bond acceptors (Lipinski definition) is 4. The van der Waals surface area contributed by atoms with Gasteiger partial charge in [0.15, 0.2) is 0 Å². The van der Waals surface area contributed by atoms with Crippen molar-refractivity contribution >= 4 is 12.1 Å². The lowest BCUT2D eigenvalue weighted by molar-refractivity contribution is -0.141. The van der Waals surface area contributed by atoms with Crippen LogP contribution in [0.3, 0.4) is 0 Å². The summed E-state index contributed by atoms with van der Waals surface area (Å²) in [5.74, 6) is -2.07. The summed E-state index contributed by atoms with van der Waals surface area (Å²) in [6, 6.07) is 22.7. The zero-order valence-electron chi connectivity index (χ0n) is 15.3. The third kappa shape index (κ3) is 4.82. The van der Waals surface area contributed by atoms with Gasteiger partial charge in [0.1, 0.15) is 12.4 Å². The summed E-state index contributed by atoms with van der Waals surface area (Å²) in [6.45, 7) is 1.55. The number of halogens is 1. The van der Waals surface area contributed by atoms with Crippen molar-refractivity contribution in [1.82, 2.24) is 0 Å². The van der Waals surface area contributed by atoms with Gasteiger partial charge in [0.05, 0.1) is 5.92 Å². The lowest BCUT2D eigenvalue weighted by Gasteiger charge is -2.12. The van der Waals surface area contributed by atoms with Gasteiger partial charge in [0, 0.05) is 5.56 Å². The molecule has 1 atom stereocenters. The molecule has 3 aromatic rings. The minimum Gasteiger partial charge on any atom is -0.429 e. The first kappa shape index (κ1) is 19.3. The fourth-order valence-electron chi connectivity index (χ4n) is 2.71. The van der Waals surface area contributed by atoms with E-state index in [4.69, 9.17) is 9.47 Å². The summed E-state index contributed by atoms with van der Waals surface area (Å²) < 4.78 is 24.1. The van der Waals surface area contributed by atoms with Gasteiger partial charge in [0.25, 0.3) is 0 Å². The second-order valence-corrected chi connectivity index (χ2v) is 6.27. The molecule has 0 saturated carbocycles. The van der Waals surface area contributed by atoms with E-state index in [2.05, 4.69) is 0 Å². The monoisotopic (exact) mass is 378 g/mol. The maximum Gasteiger partial charge on any atom is 0.516 e. The van der Waals surface area contributed by atoms with Crippen LogP contribution in [0.15, 0.2) is 78.9 Å². The Balaban J connectivity index is 1.61. The Kier molecular flexibility index (Phi) is 6.17. The highest BCUT2D eigenvalue weighted by Gasteiger charge is 2.22. The highest BCUT2D eigenvalue weighted by molar-refractivity contribution is 5.86. The second kappa shape index (κ2) is 8.95. The number of carbonyl (C=O) groups is 2. The Labute approximate surface area is 162 Å². The minimum absolute atomic E-state index is 0.00172. The van der Waals surface area contributed by atoms with Crippen molar-refractivity contribution in [3.63, 3.8) is 0 Å². The number of esters is 1. The molecule has 5 heteroatoms. The van der Waals surface area contributed by atoms with Crippen LogP contribution in [-0.2, 0) is 20.9 Å².